The van der Waals surface area contributed by atoms with Crippen LogP contribution in [0.3, 0.4) is 0 Å². The van der Waals surface area contributed by atoms with E-state index in [2.05, 4.69) is 15.0 Å². The molecule has 0 fully saturated rings. The Kier molecular flexibility index (Phi) is 23.0. The van der Waals surface area contributed by atoms with E-state index in [1.165, 1.54) is 56.0 Å². The number of nitrogens with zero attached hydrogens (tertiary/aromatic N) is 12. The first kappa shape index (κ1) is 82.6. The molecule has 0 spiro atoms. The van der Waals surface area contributed by atoms with Crippen molar-refractivity contribution >= 4 is 124 Å². The minimum atomic E-state index is -5.86. The third-order valence-electron chi connectivity index (χ3n) is 18.2. The molecule has 0 bridgehead atoms. The van der Waals surface area contributed by atoms with Gasteiger partial charge in [0.05, 0.1) is 69.2 Å². The Hall–Kier alpha value is -9.85. The van der Waals surface area contributed by atoms with Crippen LogP contribution < -0.4 is 48.2 Å². The fraction of sp³-hybridized carbons (Fsp3) is 0.304. The van der Waals surface area contributed by atoms with E-state index in [1.54, 1.807) is 20.8 Å². The van der Waals surface area contributed by atoms with Crippen molar-refractivity contribution in [3.63, 3.8) is 0 Å². The zero-order valence-electron chi connectivity index (χ0n) is 59.9. The van der Waals surface area contributed by atoms with Crippen molar-refractivity contribution in [3.8, 4) is 33.8 Å². The van der Waals surface area contributed by atoms with Gasteiger partial charge in [0.2, 0.25) is 0 Å². The van der Waals surface area contributed by atoms with E-state index in [0.29, 0.717) is 85.0 Å². The normalized spacial score (nSPS) is 13.1. The second-order valence-electron chi connectivity index (χ2n) is 25.1. The molecule has 0 unspecified atom stereocenters. The minimum Gasteiger partial charge on any atom is -0.292 e. The Morgan fingerprint density at radius 1 is 0.407 bits per heavy atom. The number of benzene rings is 3. The molecule has 113 heavy (non-hydrogen) atoms. The summed E-state index contributed by atoms with van der Waals surface area (Å²) in [5.74, 6) is -8.58. The van der Waals surface area contributed by atoms with Crippen LogP contribution in [0.2, 0.25) is 0 Å². The zero-order chi connectivity index (χ0) is 82.3. The maximum absolute atomic E-state index is 16.3. The number of hydrogen-bond donors (Lipinski definition) is 0. The topological polar surface area (TPSA) is 280 Å². The van der Waals surface area contributed by atoms with Crippen LogP contribution in [-0.4, -0.2) is 58.8 Å². The summed E-state index contributed by atoms with van der Waals surface area (Å²) < 4.78 is 218. The van der Waals surface area contributed by atoms with Crippen molar-refractivity contribution in [2.45, 2.75) is 98.0 Å². The number of phosphoric acid groups is 1. The molecule has 0 N–H and O–H groups in total. The Balaban J connectivity index is 1.03. The fourth-order valence-electron chi connectivity index (χ4n) is 12.4. The van der Waals surface area contributed by atoms with Crippen LogP contribution in [0.15, 0.2) is 114 Å². The van der Waals surface area contributed by atoms with Gasteiger partial charge in [-0.1, -0.05) is 39.0 Å². The lowest BCUT2D eigenvalue weighted by Crippen LogP contribution is -2.36. The first-order valence-corrected chi connectivity index (χ1v) is 39.7. The molecule has 3 amide bonds. The average molecular weight is 1710 g/mol. The molecule has 3 aromatic carbocycles. The maximum atomic E-state index is 16.3. The number of aromatic nitrogens is 9. The van der Waals surface area contributed by atoms with Gasteiger partial charge in [-0.2, -0.15) is 54.5 Å². The molecule has 12 aromatic rings. The smallest absolute Gasteiger partial charge is 0.292 e. The number of phosphoric ester groups is 1. The highest BCUT2D eigenvalue weighted by molar-refractivity contribution is 7.48. The summed E-state index contributed by atoms with van der Waals surface area (Å²) in [7, 11) is 1.97. The Morgan fingerprint density at radius 2 is 0.655 bits per heavy atom. The van der Waals surface area contributed by atoms with Crippen LogP contribution in [0.1, 0.15) is 68.8 Å². The van der Waals surface area contributed by atoms with Crippen LogP contribution in [0.25, 0.3) is 64.4 Å². The molecule has 25 nitrogen and oxygen atoms in total. The summed E-state index contributed by atoms with van der Waals surface area (Å²) in [6.45, 7) is 1.17. The van der Waals surface area contributed by atoms with Crippen molar-refractivity contribution in [3.05, 3.63) is 213 Å². The van der Waals surface area contributed by atoms with Crippen LogP contribution in [0.5, 0.6) is 0 Å². The van der Waals surface area contributed by atoms with Crippen LogP contribution in [-0.2, 0) is 152 Å². The largest absolute Gasteiger partial charge is 0.480 e. The summed E-state index contributed by atoms with van der Waals surface area (Å²) in [4.78, 5) is 137. The van der Waals surface area contributed by atoms with Gasteiger partial charge >= 0.3 is 43.4 Å². The second kappa shape index (κ2) is 31.5. The van der Waals surface area contributed by atoms with Gasteiger partial charge in [0.15, 0.2) is 14.4 Å². The second-order valence-corrected chi connectivity index (χ2v) is 32.5. The van der Waals surface area contributed by atoms with Crippen molar-refractivity contribution in [1.29, 1.82) is 0 Å². The number of carbonyl (C=O) groups excluding carboxylic acids is 3. The van der Waals surface area contributed by atoms with Crippen molar-refractivity contribution < 1.29 is 85.2 Å². The van der Waals surface area contributed by atoms with Gasteiger partial charge in [-0.25, -0.2) is 32.1 Å². The molecule has 0 aliphatic rings. The van der Waals surface area contributed by atoms with Crippen molar-refractivity contribution in [1.82, 2.24) is 41.1 Å². The van der Waals surface area contributed by atoms with Gasteiger partial charge in [-0.3, -0.25) is 83.4 Å². The molecule has 9 heterocycles. The number of carbonyl (C=O) groups is 3. The molecular weight excluding hydrogens is 1660 g/mol. The molecule has 44 heteroatoms. The van der Waals surface area contributed by atoms with E-state index in [1.807, 2.05) is 0 Å². The number of halogens is 12. The van der Waals surface area contributed by atoms with Gasteiger partial charge in [-0.05, 0) is 72.4 Å². The summed E-state index contributed by atoms with van der Waals surface area (Å²) in [6.07, 6.45) is -17.1. The zero-order valence-corrected chi connectivity index (χ0v) is 65.7. The standard InChI is InChI=1S/C69H57F12N12O13PS6/c1-10-46-34(52-55(97)85(4)64(100)88(7)58(52)111-46)22-49(94)82-61-91(43(25-108-61)31-13-16-37(40(70)19-31)67(73,74)75)28-104-107(103,105-29-92-44(32-14-17-38(41(71)20-32)68(76,77)78)26-109-62(92)83-50(95)23-35-47(11-2)112-59-53(35)56(98)86(5)65(101)89(59)8)106-30-93-45(33-15-18-39(42(72)21-33)69(79,80)81)27-110-63(93)84-51(96)24-36-48(12-3)113-60-54(36)57(99)87(6)66(102)90(60)9/h13-21,25-27H,10-12,22-24,28-30H2,1-9H3/b82-61-,83-62-,84-63-. The van der Waals surface area contributed by atoms with E-state index < -0.39 is 183 Å². The molecule has 12 rings (SSSR count). The van der Waals surface area contributed by atoms with Crippen LogP contribution in [0.4, 0.5) is 52.7 Å². The molecule has 596 valence electrons. The number of hydrogen-bond acceptors (Lipinski definition) is 19. The third kappa shape index (κ3) is 15.9. The predicted octanol–water partition coefficient (Wildman–Crippen LogP) is 11.7. The molecular formula is C69H57F12N12O13PS6. The lowest BCUT2D eigenvalue weighted by Gasteiger charge is -2.21. The van der Waals surface area contributed by atoms with Gasteiger partial charge in [0.1, 0.15) is 52.1 Å². The number of fused-ring (bicyclic) bond motifs is 3. The number of thiazole rings is 3. The monoisotopic (exact) mass is 1710 g/mol. The van der Waals surface area contributed by atoms with E-state index in [-0.39, 0.29) is 83.7 Å². The number of aryl methyl sites for hydroxylation is 6. The van der Waals surface area contributed by atoms with Gasteiger partial charge in [0.25, 0.3) is 34.4 Å². The Morgan fingerprint density at radius 3 is 0.876 bits per heavy atom. The molecule has 0 radical (unpaired) electrons. The van der Waals surface area contributed by atoms with Gasteiger partial charge < -0.3 is 0 Å². The Bertz CT molecular complexity index is 6020. The molecule has 9 aromatic heterocycles. The molecule has 0 atom stereocenters. The van der Waals surface area contributed by atoms with Gasteiger partial charge in [0, 0.05) is 89.7 Å². The summed E-state index contributed by atoms with van der Waals surface area (Å²) >= 11 is 4.81. The van der Waals surface area contributed by atoms with E-state index in [9.17, 15) is 82.7 Å². The summed E-state index contributed by atoms with van der Waals surface area (Å²) in [6, 6.07) is 4.87. The lowest BCUT2D eigenvalue weighted by atomic mass is 10.1. The third-order valence-corrected chi connectivity index (χ3v) is 26.4. The van der Waals surface area contributed by atoms with Crippen LogP contribution in [0, 0.1) is 17.5 Å². The predicted molar refractivity (Wildman–Crippen MR) is 397 cm³/mol. The lowest BCUT2D eigenvalue weighted by molar-refractivity contribution is -0.140. The van der Waals surface area contributed by atoms with E-state index in [4.69, 9.17) is 13.6 Å². The van der Waals surface area contributed by atoms with Crippen LogP contribution >= 0.6 is 75.8 Å². The number of thiophene rings is 3. The first-order valence-electron chi connectivity index (χ1n) is 33.1. The molecule has 0 aliphatic heterocycles. The summed E-state index contributed by atoms with van der Waals surface area (Å²) in [5.41, 5.74) is -11.3. The number of rotatable bonds is 21. The number of amides is 3. The maximum Gasteiger partial charge on any atom is 0.480 e. The quantitative estimate of drug-likeness (QED) is 0.0478. The molecule has 0 saturated carbocycles. The van der Waals surface area contributed by atoms with Crippen molar-refractivity contribution in [2.75, 3.05) is 0 Å². The first-order chi connectivity index (χ1) is 53.1. The van der Waals surface area contributed by atoms with Crippen molar-refractivity contribution in [2.24, 2.45) is 57.3 Å². The highest BCUT2D eigenvalue weighted by atomic mass is 32.1. The number of alkyl halides is 9. The highest BCUT2D eigenvalue weighted by Gasteiger charge is 2.38. The minimum absolute atomic E-state index is 0.0183. The SMILES string of the molecule is CCc1sc2c(c1CC(=O)/N=c1\scc(-c3ccc(C(F)(F)F)c(F)c3)n1COP(=O)(OCn1c(-c3ccc(C(F)(F)F)c(F)c3)cs/c1=N\C(=O)Cc1c(CC)sc3c1c(=O)n(C)c(=O)n3C)OCn1c(-c3ccc(C(F)(F)F)c(F)c3)cs/c1=N\C(=O)Cc1c(CC)sc3c1c(=O)n(C)c(=O)n3C)c(=O)n(C)c(=O)n2C. The fourth-order valence-corrected chi connectivity index (χ4v) is 19.7. The van der Waals surface area contributed by atoms with E-state index in [0.717, 1.165) is 95.8 Å². The van der Waals surface area contributed by atoms with Gasteiger partial charge in [-0.15, -0.1) is 68.0 Å². The average Bonchev–Trinajstić information content (AvgIpc) is 1.62. The molecule has 0 saturated heterocycles. The summed E-state index contributed by atoms with van der Waals surface area (Å²) in [5, 5.41) is 3.40. The highest BCUT2D eigenvalue weighted by Crippen LogP contribution is 2.51. The Labute approximate surface area is 648 Å². The molecule has 0 aliphatic carbocycles. The van der Waals surface area contributed by atoms with E-state index >= 15 is 17.7 Å².